The van der Waals surface area contributed by atoms with Crippen molar-refractivity contribution in [1.82, 2.24) is 4.90 Å². The van der Waals surface area contributed by atoms with E-state index < -0.39 is 0 Å². The molecule has 6 heteroatoms. The largest absolute Gasteiger partial charge is 0.495 e. The molecule has 0 bridgehead atoms. The van der Waals surface area contributed by atoms with E-state index in [1.54, 1.807) is 30.2 Å². The Hall–Kier alpha value is -3.28. The topological polar surface area (TPSA) is 63.2 Å². The predicted octanol–water partition coefficient (Wildman–Crippen LogP) is 3.91. The van der Waals surface area contributed by atoms with Crippen molar-refractivity contribution >= 4 is 17.4 Å². The van der Waals surface area contributed by atoms with E-state index in [1.165, 1.54) is 0 Å². The number of ether oxygens (including phenoxy) is 1. The number of nitrogens with one attached hydrogen (secondary N) is 1. The van der Waals surface area contributed by atoms with Crippen LogP contribution in [-0.2, 0) is 4.84 Å². The van der Waals surface area contributed by atoms with Gasteiger partial charge in [0, 0.05) is 13.0 Å². The van der Waals surface area contributed by atoms with Gasteiger partial charge in [-0.2, -0.15) is 0 Å². The minimum Gasteiger partial charge on any atom is -0.495 e. The quantitative estimate of drug-likeness (QED) is 0.757. The van der Waals surface area contributed by atoms with E-state index in [0.717, 1.165) is 11.3 Å². The average Bonchev–Trinajstić information content (AvgIpc) is 3.17. The number of urea groups is 1. The molecule has 0 aliphatic carbocycles. The van der Waals surface area contributed by atoms with E-state index in [-0.39, 0.29) is 12.1 Å². The number of oxime groups is 1. The van der Waals surface area contributed by atoms with Gasteiger partial charge in [0.1, 0.15) is 5.75 Å². The standard InChI is InChI=1S/C21H23N3O3/c1-3-13-24(21(25)22-18-11-7-8-12-20(18)26-2)15-17-14-19(23-27-17)16-9-5-4-6-10-16/h3-12,17H,1,13-15H2,2H3,(H,22,25). The number of carbonyl (C=O) groups excluding carboxylic acids is 1. The molecule has 2 aromatic rings. The van der Waals surface area contributed by atoms with Crippen LogP contribution in [0.15, 0.2) is 72.4 Å². The molecule has 1 aliphatic rings. The van der Waals surface area contributed by atoms with Crippen molar-refractivity contribution in [1.29, 1.82) is 0 Å². The first kappa shape index (κ1) is 18.5. The summed E-state index contributed by atoms with van der Waals surface area (Å²) in [7, 11) is 1.57. The summed E-state index contributed by atoms with van der Waals surface area (Å²) in [5.41, 5.74) is 2.55. The molecule has 2 aromatic carbocycles. The van der Waals surface area contributed by atoms with Crippen LogP contribution in [0, 0.1) is 0 Å². The molecule has 0 saturated carbocycles. The molecule has 1 heterocycles. The lowest BCUT2D eigenvalue weighted by Gasteiger charge is -2.24. The van der Waals surface area contributed by atoms with Crippen molar-refractivity contribution in [3.8, 4) is 5.75 Å². The molecule has 0 aromatic heterocycles. The Kier molecular flexibility index (Phi) is 6.10. The van der Waals surface area contributed by atoms with Crippen LogP contribution in [0.2, 0.25) is 0 Å². The Morgan fingerprint density at radius 2 is 2.04 bits per heavy atom. The van der Waals surface area contributed by atoms with Crippen molar-refractivity contribution in [2.75, 3.05) is 25.5 Å². The van der Waals surface area contributed by atoms with Gasteiger partial charge in [-0.1, -0.05) is 53.7 Å². The number of amides is 2. The Labute approximate surface area is 159 Å². The zero-order chi connectivity index (χ0) is 19.1. The van der Waals surface area contributed by atoms with E-state index in [2.05, 4.69) is 17.1 Å². The maximum atomic E-state index is 12.7. The summed E-state index contributed by atoms with van der Waals surface area (Å²) < 4.78 is 5.29. The highest BCUT2D eigenvalue weighted by molar-refractivity contribution is 6.01. The van der Waals surface area contributed by atoms with E-state index in [1.807, 2.05) is 42.5 Å². The van der Waals surface area contributed by atoms with Crippen LogP contribution in [0.3, 0.4) is 0 Å². The lowest BCUT2D eigenvalue weighted by atomic mass is 10.1. The SMILES string of the molecule is C=CCN(CC1CC(c2ccccc2)=NO1)C(=O)Nc1ccccc1OC. The summed E-state index contributed by atoms with van der Waals surface area (Å²) in [5, 5.41) is 7.07. The predicted molar refractivity (Wildman–Crippen MR) is 106 cm³/mol. The summed E-state index contributed by atoms with van der Waals surface area (Å²) in [6, 6.07) is 17.0. The highest BCUT2D eigenvalue weighted by atomic mass is 16.6. The minimum absolute atomic E-state index is 0.191. The summed E-state index contributed by atoms with van der Waals surface area (Å²) in [4.78, 5) is 19.9. The van der Waals surface area contributed by atoms with E-state index in [4.69, 9.17) is 9.57 Å². The first-order chi connectivity index (χ1) is 13.2. The lowest BCUT2D eigenvalue weighted by Crippen LogP contribution is -2.40. The van der Waals surface area contributed by atoms with Gasteiger partial charge in [0.15, 0.2) is 6.10 Å². The molecule has 0 radical (unpaired) electrons. The van der Waals surface area contributed by atoms with Crippen molar-refractivity contribution in [3.05, 3.63) is 72.8 Å². The molecule has 2 amide bonds. The molecule has 1 aliphatic heterocycles. The van der Waals surface area contributed by atoms with Crippen LogP contribution in [0.5, 0.6) is 5.75 Å². The number of hydrogen-bond donors (Lipinski definition) is 1. The van der Waals surface area contributed by atoms with Gasteiger partial charge in [-0.05, 0) is 17.7 Å². The van der Waals surface area contributed by atoms with Crippen molar-refractivity contribution < 1.29 is 14.4 Å². The molecule has 6 nitrogen and oxygen atoms in total. The molecule has 27 heavy (non-hydrogen) atoms. The first-order valence-electron chi connectivity index (χ1n) is 8.79. The summed E-state index contributed by atoms with van der Waals surface area (Å²) in [6.45, 7) is 4.56. The zero-order valence-electron chi connectivity index (χ0n) is 15.3. The number of hydrogen-bond acceptors (Lipinski definition) is 4. The van der Waals surface area contributed by atoms with Crippen LogP contribution in [0.4, 0.5) is 10.5 Å². The minimum atomic E-state index is -0.240. The highest BCUT2D eigenvalue weighted by Crippen LogP contribution is 2.24. The van der Waals surface area contributed by atoms with Gasteiger partial charge in [-0.15, -0.1) is 6.58 Å². The zero-order valence-corrected chi connectivity index (χ0v) is 15.3. The number of nitrogens with zero attached hydrogens (tertiary/aromatic N) is 2. The van der Waals surface area contributed by atoms with Crippen LogP contribution < -0.4 is 10.1 Å². The van der Waals surface area contributed by atoms with Gasteiger partial charge < -0.3 is 19.8 Å². The number of anilines is 1. The summed E-state index contributed by atoms with van der Waals surface area (Å²) >= 11 is 0. The van der Waals surface area contributed by atoms with Crippen LogP contribution in [0.1, 0.15) is 12.0 Å². The molecule has 1 unspecified atom stereocenters. The van der Waals surface area contributed by atoms with E-state index in [9.17, 15) is 4.79 Å². The average molecular weight is 365 g/mol. The summed E-state index contributed by atoms with van der Waals surface area (Å²) in [6.07, 6.45) is 2.15. The maximum absolute atomic E-state index is 12.7. The monoisotopic (exact) mass is 365 g/mol. The molecule has 1 N–H and O–H groups in total. The van der Waals surface area contributed by atoms with Crippen LogP contribution in [0.25, 0.3) is 0 Å². The molecule has 3 rings (SSSR count). The smallest absolute Gasteiger partial charge is 0.322 e. The molecule has 0 spiro atoms. The van der Waals surface area contributed by atoms with Gasteiger partial charge in [0.05, 0.1) is 25.1 Å². The molecule has 0 saturated heterocycles. The second kappa shape index (κ2) is 8.89. The van der Waals surface area contributed by atoms with Crippen LogP contribution >= 0.6 is 0 Å². The Morgan fingerprint density at radius 3 is 2.78 bits per heavy atom. The van der Waals surface area contributed by atoms with Crippen LogP contribution in [-0.4, -0.2) is 42.9 Å². The maximum Gasteiger partial charge on any atom is 0.322 e. The third-order valence-electron chi connectivity index (χ3n) is 4.25. The molecule has 1 atom stereocenters. The van der Waals surface area contributed by atoms with Crippen molar-refractivity contribution in [2.24, 2.45) is 5.16 Å². The Balaban J connectivity index is 1.62. The van der Waals surface area contributed by atoms with Gasteiger partial charge in [0.25, 0.3) is 0 Å². The Morgan fingerprint density at radius 1 is 1.30 bits per heavy atom. The third-order valence-corrected chi connectivity index (χ3v) is 4.25. The van der Waals surface area contributed by atoms with Crippen molar-refractivity contribution in [2.45, 2.75) is 12.5 Å². The fourth-order valence-electron chi connectivity index (χ4n) is 2.91. The van der Waals surface area contributed by atoms with Gasteiger partial charge in [0.2, 0.25) is 0 Å². The van der Waals surface area contributed by atoms with Crippen molar-refractivity contribution in [3.63, 3.8) is 0 Å². The van der Waals surface area contributed by atoms with E-state index in [0.29, 0.717) is 30.9 Å². The molecular weight excluding hydrogens is 342 g/mol. The number of para-hydroxylation sites is 2. The number of benzene rings is 2. The molecule has 0 fully saturated rings. The molecule has 140 valence electrons. The number of rotatable bonds is 7. The Bertz CT molecular complexity index is 820. The third kappa shape index (κ3) is 4.67. The first-order valence-corrected chi connectivity index (χ1v) is 8.79. The lowest BCUT2D eigenvalue weighted by molar-refractivity contribution is 0.0645. The number of carbonyl (C=O) groups is 1. The molecular formula is C21H23N3O3. The second-order valence-electron chi connectivity index (χ2n) is 6.16. The second-order valence-corrected chi connectivity index (χ2v) is 6.16. The highest BCUT2D eigenvalue weighted by Gasteiger charge is 2.26. The van der Waals surface area contributed by atoms with Gasteiger partial charge in [-0.3, -0.25) is 0 Å². The van der Waals surface area contributed by atoms with E-state index >= 15 is 0 Å². The fourth-order valence-corrected chi connectivity index (χ4v) is 2.91. The normalized spacial score (nSPS) is 15.4. The van der Waals surface area contributed by atoms with Gasteiger partial charge in [-0.25, -0.2) is 4.79 Å². The number of methoxy groups -OCH3 is 1. The summed E-state index contributed by atoms with van der Waals surface area (Å²) in [5.74, 6) is 0.608. The fraction of sp³-hybridized carbons (Fsp3) is 0.238. The van der Waals surface area contributed by atoms with Gasteiger partial charge >= 0.3 is 6.03 Å².